The van der Waals surface area contributed by atoms with Crippen molar-refractivity contribution in [3.63, 3.8) is 0 Å². The molecular weight excluding hydrogens is 220 g/mol. The molecule has 7 heteroatoms. The standard InChI is InChI=1S/C9H16O7/c1-16-7(13)3-2-5(11)8(14)9(15)6(12)4-10/h2-3,5-6,8-12,14-15H,4H2,1H3/b3-2+/t5-,6+,8+,9+/m0/s1. The van der Waals surface area contributed by atoms with E-state index in [0.29, 0.717) is 0 Å². The van der Waals surface area contributed by atoms with Crippen LogP contribution in [0.2, 0.25) is 0 Å². The van der Waals surface area contributed by atoms with Crippen LogP contribution in [0.3, 0.4) is 0 Å². The zero-order valence-electron chi connectivity index (χ0n) is 8.72. The number of carbonyl (C=O) groups excluding carboxylic acids is 1. The second kappa shape index (κ2) is 7.31. The molecule has 94 valence electrons. The van der Waals surface area contributed by atoms with Gasteiger partial charge in [0, 0.05) is 6.08 Å². The molecule has 0 amide bonds. The molecule has 0 aromatic carbocycles. The fraction of sp³-hybridized carbons (Fsp3) is 0.667. The fourth-order valence-corrected chi connectivity index (χ4v) is 0.897. The van der Waals surface area contributed by atoms with Gasteiger partial charge in [-0.2, -0.15) is 0 Å². The van der Waals surface area contributed by atoms with E-state index >= 15 is 0 Å². The molecule has 4 atom stereocenters. The summed E-state index contributed by atoms with van der Waals surface area (Å²) in [6.45, 7) is -0.758. The van der Waals surface area contributed by atoms with Crippen molar-refractivity contribution in [1.29, 1.82) is 0 Å². The van der Waals surface area contributed by atoms with Gasteiger partial charge < -0.3 is 30.3 Å². The van der Waals surface area contributed by atoms with Crippen LogP contribution in [0.25, 0.3) is 0 Å². The molecule has 0 aromatic heterocycles. The second-order valence-electron chi connectivity index (χ2n) is 3.10. The Morgan fingerprint density at radius 1 is 1.25 bits per heavy atom. The van der Waals surface area contributed by atoms with Crippen LogP contribution < -0.4 is 0 Å². The topological polar surface area (TPSA) is 127 Å². The molecule has 0 aliphatic heterocycles. The highest BCUT2D eigenvalue weighted by Crippen LogP contribution is 2.06. The Labute approximate surface area is 92.2 Å². The molecule has 16 heavy (non-hydrogen) atoms. The van der Waals surface area contributed by atoms with Gasteiger partial charge in [0.05, 0.1) is 13.7 Å². The van der Waals surface area contributed by atoms with Crippen molar-refractivity contribution >= 4 is 5.97 Å². The first-order valence-corrected chi connectivity index (χ1v) is 4.53. The second-order valence-corrected chi connectivity index (χ2v) is 3.10. The minimum absolute atomic E-state index is 0.733. The van der Waals surface area contributed by atoms with Crippen molar-refractivity contribution in [3.05, 3.63) is 12.2 Å². The van der Waals surface area contributed by atoms with E-state index in [9.17, 15) is 20.1 Å². The summed E-state index contributed by atoms with van der Waals surface area (Å²) in [7, 11) is 1.14. The number of rotatable bonds is 6. The molecule has 0 saturated carbocycles. The van der Waals surface area contributed by atoms with E-state index in [1.807, 2.05) is 0 Å². The summed E-state index contributed by atoms with van der Waals surface area (Å²) in [5.74, 6) is -0.733. The molecule has 0 rings (SSSR count). The molecule has 5 N–H and O–H groups in total. The molecule has 0 aliphatic rings. The highest BCUT2D eigenvalue weighted by Gasteiger charge is 2.28. The maximum Gasteiger partial charge on any atom is 0.330 e. The predicted molar refractivity (Wildman–Crippen MR) is 52.3 cm³/mol. The van der Waals surface area contributed by atoms with Gasteiger partial charge in [0.2, 0.25) is 0 Å². The first-order valence-electron chi connectivity index (χ1n) is 4.53. The molecule has 0 aromatic rings. The normalized spacial score (nSPS) is 19.1. The summed E-state index contributed by atoms with van der Waals surface area (Å²) < 4.78 is 4.24. The Morgan fingerprint density at radius 3 is 2.25 bits per heavy atom. The highest BCUT2D eigenvalue weighted by atomic mass is 16.5. The molecule has 0 saturated heterocycles. The van der Waals surface area contributed by atoms with Gasteiger partial charge in [-0.25, -0.2) is 4.79 Å². The van der Waals surface area contributed by atoms with Gasteiger partial charge in [-0.3, -0.25) is 0 Å². The largest absolute Gasteiger partial charge is 0.466 e. The first kappa shape index (κ1) is 15.0. The molecule has 0 fully saturated rings. The van der Waals surface area contributed by atoms with Gasteiger partial charge >= 0.3 is 5.97 Å². The Bertz CT molecular complexity index is 240. The van der Waals surface area contributed by atoms with Crippen molar-refractivity contribution in [2.45, 2.75) is 24.4 Å². The lowest BCUT2D eigenvalue weighted by atomic mass is 10.0. The van der Waals surface area contributed by atoms with Gasteiger partial charge in [-0.15, -0.1) is 0 Å². The highest BCUT2D eigenvalue weighted by molar-refractivity contribution is 5.81. The molecule has 0 aliphatic carbocycles. The van der Waals surface area contributed by atoms with Gasteiger partial charge in [0.1, 0.15) is 24.4 Å². The molecule has 0 radical (unpaired) electrons. The molecular formula is C9H16O7. The van der Waals surface area contributed by atoms with Crippen molar-refractivity contribution in [2.24, 2.45) is 0 Å². The lowest BCUT2D eigenvalue weighted by molar-refractivity contribution is -0.135. The SMILES string of the molecule is COC(=O)/C=C/[C@H](O)[C@@H](O)[C@H](O)[C@H](O)CO. The van der Waals surface area contributed by atoms with E-state index in [0.717, 1.165) is 19.3 Å². The van der Waals surface area contributed by atoms with Crippen LogP contribution in [-0.4, -0.2) is 69.6 Å². The third-order valence-corrected chi connectivity index (χ3v) is 1.91. The van der Waals surface area contributed by atoms with Crippen molar-refractivity contribution in [3.8, 4) is 0 Å². The number of aliphatic hydroxyl groups excluding tert-OH is 5. The number of hydrogen-bond acceptors (Lipinski definition) is 7. The van der Waals surface area contributed by atoms with E-state index in [1.54, 1.807) is 0 Å². The van der Waals surface area contributed by atoms with Gasteiger partial charge in [0.15, 0.2) is 0 Å². The number of hydrogen-bond donors (Lipinski definition) is 5. The summed E-state index contributed by atoms with van der Waals surface area (Å²) in [6.07, 6.45) is -4.80. The molecule has 0 spiro atoms. The first-order chi connectivity index (χ1) is 7.43. The van der Waals surface area contributed by atoms with E-state index in [-0.39, 0.29) is 0 Å². The lowest BCUT2D eigenvalue weighted by Gasteiger charge is -2.23. The monoisotopic (exact) mass is 236 g/mol. The van der Waals surface area contributed by atoms with Gasteiger partial charge in [-0.05, 0) is 6.08 Å². The van der Waals surface area contributed by atoms with Crippen LogP contribution in [0.4, 0.5) is 0 Å². The van der Waals surface area contributed by atoms with Crippen molar-refractivity contribution < 1.29 is 35.1 Å². The quantitative estimate of drug-likeness (QED) is 0.248. The fourth-order valence-electron chi connectivity index (χ4n) is 0.897. The van der Waals surface area contributed by atoms with E-state index < -0.39 is 37.0 Å². The number of carbonyl (C=O) groups is 1. The smallest absolute Gasteiger partial charge is 0.330 e. The summed E-state index contributed by atoms with van der Waals surface area (Å²) in [5.41, 5.74) is 0. The number of aliphatic hydroxyl groups is 5. The third-order valence-electron chi connectivity index (χ3n) is 1.91. The zero-order chi connectivity index (χ0) is 12.7. The summed E-state index contributed by atoms with van der Waals surface area (Å²) in [6, 6.07) is 0. The minimum Gasteiger partial charge on any atom is -0.466 e. The Hall–Kier alpha value is -0.990. The van der Waals surface area contributed by atoms with E-state index in [1.165, 1.54) is 0 Å². The van der Waals surface area contributed by atoms with Crippen molar-refractivity contribution in [1.82, 2.24) is 0 Å². The average Bonchev–Trinajstić information content (AvgIpc) is 2.32. The summed E-state index contributed by atoms with van der Waals surface area (Å²) in [5, 5.41) is 45.3. The Balaban J connectivity index is 4.32. The van der Waals surface area contributed by atoms with E-state index in [4.69, 9.17) is 10.2 Å². The zero-order valence-corrected chi connectivity index (χ0v) is 8.72. The average molecular weight is 236 g/mol. The molecule has 0 unspecified atom stereocenters. The summed E-state index contributed by atoms with van der Waals surface area (Å²) >= 11 is 0. The van der Waals surface area contributed by atoms with Crippen LogP contribution in [-0.2, 0) is 9.53 Å². The third kappa shape index (κ3) is 4.69. The maximum absolute atomic E-state index is 10.6. The van der Waals surface area contributed by atoms with Gasteiger partial charge in [0.25, 0.3) is 0 Å². The Kier molecular flexibility index (Phi) is 6.86. The maximum atomic E-state index is 10.6. The van der Waals surface area contributed by atoms with Crippen molar-refractivity contribution in [2.75, 3.05) is 13.7 Å². The van der Waals surface area contributed by atoms with Crippen LogP contribution in [0, 0.1) is 0 Å². The van der Waals surface area contributed by atoms with E-state index in [2.05, 4.69) is 4.74 Å². The number of ether oxygens (including phenoxy) is 1. The van der Waals surface area contributed by atoms with Gasteiger partial charge in [-0.1, -0.05) is 0 Å². The van der Waals surface area contributed by atoms with Crippen LogP contribution in [0.15, 0.2) is 12.2 Å². The lowest BCUT2D eigenvalue weighted by Crippen LogP contribution is -2.45. The minimum atomic E-state index is -1.72. The van der Waals surface area contributed by atoms with Crippen LogP contribution in [0.5, 0.6) is 0 Å². The molecule has 0 heterocycles. The number of methoxy groups -OCH3 is 1. The predicted octanol–water partition coefficient (Wildman–Crippen LogP) is -2.85. The summed E-state index contributed by atoms with van der Waals surface area (Å²) in [4.78, 5) is 10.6. The van der Waals surface area contributed by atoms with Crippen LogP contribution in [0.1, 0.15) is 0 Å². The molecule has 0 bridgehead atoms. The van der Waals surface area contributed by atoms with Crippen LogP contribution >= 0.6 is 0 Å². The number of esters is 1. The molecule has 7 nitrogen and oxygen atoms in total. The Morgan fingerprint density at radius 2 is 1.81 bits per heavy atom.